The standard InChI is InChI=1S/C9H5BrFNO/c10-6-1-7-5(4-13)3-12-9(7)8(11)2-6/h1-4,12H. The van der Waals surface area contributed by atoms with Crippen molar-refractivity contribution < 1.29 is 9.18 Å². The number of rotatable bonds is 1. The van der Waals surface area contributed by atoms with Crippen molar-refractivity contribution in [1.29, 1.82) is 0 Å². The van der Waals surface area contributed by atoms with Gasteiger partial charge in [0, 0.05) is 21.6 Å². The molecule has 1 aromatic heterocycles. The lowest BCUT2D eigenvalue weighted by Crippen LogP contribution is -1.79. The normalized spacial score (nSPS) is 10.6. The summed E-state index contributed by atoms with van der Waals surface area (Å²) < 4.78 is 13.8. The minimum Gasteiger partial charge on any atom is -0.358 e. The third-order valence-electron chi connectivity index (χ3n) is 1.86. The second-order valence-corrected chi connectivity index (χ2v) is 3.59. The Hall–Kier alpha value is -1.16. The molecular formula is C9H5BrFNO. The minimum atomic E-state index is -0.363. The Morgan fingerprint density at radius 2 is 2.23 bits per heavy atom. The maximum absolute atomic E-state index is 13.2. The number of halogens is 2. The van der Waals surface area contributed by atoms with Crippen LogP contribution in [-0.2, 0) is 0 Å². The molecule has 0 spiro atoms. The maximum Gasteiger partial charge on any atom is 0.152 e. The third-order valence-corrected chi connectivity index (χ3v) is 2.32. The zero-order valence-corrected chi connectivity index (χ0v) is 8.06. The molecule has 1 aromatic carbocycles. The lowest BCUT2D eigenvalue weighted by Gasteiger charge is -1.94. The van der Waals surface area contributed by atoms with E-state index in [0.29, 0.717) is 27.2 Å². The van der Waals surface area contributed by atoms with Gasteiger partial charge in [-0.3, -0.25) is 4.79 Å². The first-order valence-corrected chi connectivity index (χ1v) is 4.43. The molecule has 4 heteroatoms. The SMILES string of the molecule is O=Cc1c[nH]c2c(F)cc(Br)cc12. The molecule has 0 aliphatic carbocycles. The molecule has 0 fully saturated rings. The lowest BCUT2D eigenvalue weighted by atomic mass is 10.2. The van der Waals surface area contributed by atoms with E-state index in [-0.39, 0.29) is 5.82 Å². The first-order chi connectivity index (χ1) is 6.22. The van der Waals surface area contributed by atoms with Gasteiger partial charge >= 0.3 is 0 Å². The van der Waals surface area contributed by atoms with Crippen LogP contribution >= 0.6 is 15.9 Å². The van der Waals surface area contributed by atoms with Crippen molar-refractivity contribution in [3.8, 4) is 0 Å². The van der Waals surface area contributed by atoms with Gasteiger partial charge in [-0.2, -0.15) is 0 Å². The van der Waals surface area contributed by atoms with Crippen molar-refractivity contribution in [3.05, 3.63) is 34.2 Å². The molecule has 66 valence electrons. The number of aldehydes is 1. The summed E-state index contributed by atoms with van der Waals surface area (Å²) in [5, 5.41) is 0.599. The fourth-order valence-corrected chi connectivity index (χ4v) is 1.70. The van der Waals surface area contributed by atoms with Crippen LogP contribution in [0.2, 0.25) is 0 Å². The summed E-state index contributed by atoms with van der Waals surface area (Å²) in [5.41, 5.74) is 0.834. The minimum absolute atomic E-state index is 0.363. The van der Waals surface area contributed by atoms with Crippen LogP contribution in [0.4, 0.5) is 4.39 Å². The number of carbonyl (C=O) groups is 1. The fourth-order valence-electron chi connectivity index (χ4n) is 1.27. The highest BCUT2D eigenvalue weighted by Gasteiger charge is 2.07. The van der Waals surface area contributed by atoms with Crippen LogP contribution in [0.25, 0.3) is 10.9 Å². The highest BCUT2D eigenvalue weighted by atomic mass is 79.9. The summed E-state index contributed by atoms with van der Waals surface area (Å²) in [6, 6.07) is 3.06. The van der Waals surface area contributed by atoms with Crippen LogP contribution in [0, 0.1) is 5.82 Å². The zero-order valence-electron chi connectivity index (χ0n) is 6.47. The number of benzene rings is 1. The lowest BCUT2D eigenvalue weighted by molar-refractivity contribution is 0.112. The van der Waals surface area contributed by atoms with Gasteiger partial charge in [-0.25, -0.2) is 4.39 Å². The Kier molecular flexibility index (Phi) is 1.92. The van der Waals surface area contributed by atoms with Gasteiger partial charge in [0.05, 0.1) is 5.52 Å². The maximum atomic E-state index is 13.2. The average Bonchev–Trinajstić information content (AvgIpc) is 2.47. The van der Waals surface area contributed by atoms with Gasteiger partial charge in [0.25, 0.3) is 0 Å². The highest BCUT2D eigenvalue weighted by Crippen LogP contribution is 2.24. The zero-order chi connectivity index (χ0) is 9.42. The molecule has 0 bridgehead atoms. The first kappa shape index (κ1) is 8.44. The van der Waals surface area contributed by atoms with Gasteiger partial charge in [-0.05, 0) is 12.1 Å². The molecule has 0 aliphatic heterocycles. The molecule has 2 rings (SSSR count). The van der Waals surface area contributed by atoms with Gasteiger partial charge in [0.1, 0.15) is 5.82 Å². The molecule has 13 heavy (non-hydrogen) atoms. The highest BCUT2D eigenvalue weighted by molar-refractivity contribution is 9.10. The summed E-state index contributed by atoms with van der Waals surface area (Å²) in [6.45, 7) is 0. The summed E-state index contributed by atoms with van der Waals surface area (Å²) in [4.78, 5) is 13.3. The Balaban J connectivity index is 2.89. The molecule has 2 nitrogen and oxygen atoms in total. The van der Waals surface area contributed by atoms with Crippen LogP contribution in [-0.4, -0.2) is 11.3 Å². The van der Waals surface area contributed by atoms with Gasteiger partial charge < -0.3 is 4.98 Å². The number of hydrogen-bond donors (Lipinski definition) is 1. The summed E-state index contributed by atoms with van der Waals surface area (Å²) in [7, 11) is 0. The Morgan fingerprint density at radius 3 is 2.92 bits per heavy atom. The first-order valence-electron chi connectivity index (χ1n) is 3.63. The van der Waals surface area contributed by atoms with Crippen molar-refractivity contribution in [1.82, 2.24) is 4.98 Å². The van der Waals surface area contributed by atoms with Crippen molar-refractivity contribution in [3.63, 3.8) is 0 Å². The van der Waals surface area contributed by atoms with E-state index in [0.717, 1.165) is 0 Å². The van der Waals surface area contributed by atoms with E-state index in [4.69, 9.17) is 0 Å². The van der Waals surface area contributed by atoms with E-state index in [2.05, 4.69) is 20.9 Å². The molecule has 0 atom stereocenters. The molecule has 0 radical (unpaired) electrons. The number of aromatic amines is 1. The number of fused-ring (bicyclic) bond motifs is 1. The van der Waals surface area contributed by atoms with Crippen LogP contribution in [0.1, 0.15) is 10.4 Å². The molecule has 1 heterocycles. The van der Waals surface area contributed by atoms with Crippen LogP contribution in [0.5, 0.6) is 0 Å². The molecule has 2 aromatic rings. The topological polar surface area (TPSA) is 32.9 Å². The van der Waals surface area contributed by atoms with E-state index in [1.54, 1.807) is 6.07 Å². The van der Waals surface area contributed by atoms with Crippen molar-refractivity contribution >= 4 is 33.1 Å². The molecule has 0 amide bonds. The second kappa shape index (κ2) is 2.96. The van der Waals surface area contributed by atoms with E-state index in [9.17, 15) is 9.18 Å². The summed E-state index contributed by atoms with van der Waals surface area (Å²) in [5.74, 6) is -0.363. The smallest absolute Gasteiger partial charge is 0.152 e. The number of carbonyl (C=O) groups excluding carboxylic acids is 1. The number of hydrogen-bond acceptors (Lipinski definition) is 1. The van der Waals surface area contributed by atoms with E-state index < -0.39 is 0 Å². The van der Waals surface area contributed by atoms with Crippen molar-refractivity contribution in [2.24, 2.45) is 0 Å². The molecule has 0 saturated heterocycles. The van der Waals surface area contributed by atoms with E-state index >= 15 is 0 Å². The van der Waals surface area contributed by atoms with Crippen molar-refractivity contribution in [2.75, 3.05) is 0 Å². The molecular weight excluding hydrogens is 237 g/mol. The predicted molar refractivity (Wildman–Crippen MR) is 51.3 cm³/mol. The second-order valence-electron chi connectivity index (χ2n) is 2.67. The van der Waals surface area contributed by atoms with Gasteiger partial charge in [-0.1, -0.05) is 15.9 Å². The summed E-state index contributed by atoms with van der Waals surface area (Å²) >= 11 is 3.16. The molecule has 1 N–H and O–H groups in total. The average molecular weight is 242 g/mol. The quantitative estimate of drug-likeness (QED) is 0.766. The molecule has 0 saturated carbocycles. The Bertz CT molecular complexity index is 478. The van der Waals surface area contributed by atoms with Crippen LogP contribution in [0.15, 0.2) is 22.8 Å². The van der Waals surface area contributed by atoms with Gasteiger partial charge in [0.2, 0.25) is 0 Å². The number of nitrogens with one attached hydrogen (secondary N) is 1. The Labute approximate surface area is 81.9 Å². The number of aromatic nitrogens is 1. The fraction of sp³-hybridized carbons (Fsp3) is 0. The van der Waals surface area contributed by atoms with Crippen LogP contribution < -0.4 is 0 Å². The third kappa shape index (κ3) is 1.27. The van der Waals surface area contributed by atoms with Gasteiger partial charge in [-0.15, -0.1) is 0 Å². The largest absolute Gasteiger partial charge is 0.358 e. The van der Waals surface area contributed by atoms with Crippen LogP contribution in [0.3, 0.4) is 0 Å². The van der Waals surface area contributed by atoms with Gasteiger partial charge in [0.15, 0.2) is 6.29 Å². The molecule has 0 aliphatic rings. The monoisotopic (exact) mass is 241 g/mol. The van der Waals surface area contributed by atoms with E-state index in [1.165, 1.54) is 12.3 Å². The van der Waals surface area contributed by atoms with E-state index in [1.807, 2.05) is 0 Å². The van der Waals surface area contributed by atoms with Crippen molar-refractivity contribution in [2.45, 2.75) is 0 Å². The predicted octanol–water partition coefficient (Wildman–Crippen LogP) is 2.88. The summed E-state index contributed by atoms with van der Waals surface area (Å²) in [6.07, 6.45) is 2.19. The Morgan fingerprint density at radius 1 is 1.46 bits per heavy atom. The number of H-pyrrole nitrogens is 1. The molecule has 0 unspecified atom stereocenters.